The molecule has 2 fully saturated rings. The average Bonchev–Trinajstić information content (AvgIpc) is 3.11. The van der Waals surface area contributed by atoms with Crippen LogP contribution in [0.4, 0.5) is 14.6 Å². The van der Waals surface area contributed by atoms with Crippen LogP contribution in [-0.4, -0.2) is 75.1 Å². The highest BCUT2D eigenvalue weighted by Crippen LogP contribution is 2.35. The molecule has 6 rings (SSSR count). The smallest absolute Gasteiger partial charge is 0.278 e. The number of carbonyl (C=O) groups excluding carboxylic acids is 1. The van der Waals surface area contributed by atoms with Crippen molar-refractivity contribution in [2.45, 2.75) is 45.2 Å². The van der Waals surface area contributed by atoms with Gasteiger partial charge in [-0.15, -0.1) is 18.3 Å². The molecule has 2 aliphatic heterocycles. The highest BCUT2D eigenvalue weighted by molar-refractivity contribution is 6.10. The van der Waals surface area contributed by atoms with Gasteiger partial charge in [0.2, 0.25) is 0 Å². The molecular weight excluding hydrogens is 576 g/mol. The molecule has 1 aromatic carbocycles. The Bertz CT molecular complexity index is 1750. The maximum absolute atomic E-state index is 14.2. The molecule has 0 radical (unpaired) electrons. The number of benzene rings is 1. The van der Waals surface area contributed by atoms with Crippen LogP contribution >= 0.6 is 12.4 Å². The van der Waals surface area contributed by atoms with E-state index in [0.29, 0.717) is 25.5 Å². The minimum atomic E-state index is -2.79. The summed E-state index contributed by atoms with van der Waals surface area (Å²) in [5.41, 5.74) is 1.24. The monoisotopic (exact) mass is 609 g/mol. The molecule has 1 amide bonds. The number of anilines is 1. The normalized spacial score (nSPS) is 16.8. The summed E-state index contributed by atoms with van der Waals surface area (Å²) >= 11 is 0. The molecule has 4 aromatic rings. The molecule has 1 N–H and O–H groups in total. The first kappa shape index (κ1) is 30.4. The second-order valence-electron chi connectivity index (χ2n) is 10.8. The number of rotatable bonds is 5. The van der Waals surface area contributed by atoms with Gasteiger partial charge in [0.1, 0.15) is 22.4 Å². The van der Waals surface area contributed by atoms with Gasteiger partial charge < -0.3 is 19.7 Å². The number of hydrogen-bond donors (Lipinski definition) is 1. The van der Waals surface area contributed by atoms with Crippen molar-refractivity contribution in [2.24, 2.45) is 0 Å². The third-order valence-electron chi connectivity index (χ3n) is 8.13. The number of nitrogens with one attached hydrogen (secondary N) is 1. The number of alkyl halides is 2. The molecule has 43 heavy (non-hydrogen) atoms. The van der Waals surface area contributed by atoms with Crippen LogP contribution in [0.25, 0.3) is 21.8 Å². The van der Waals surface area contributed by atoms with Gasteiger partial charge in [0.15, 0.2) is 0 Å². The number of likely N-dealkylation sites (tertiary alicyclic amines) is 1. The summed E-state index contributed by atoms with van der Waals surface area (Å²) in [6, 6.07) is 9.78. The Morgan fingerprint density at radius 2 is 1.86 bits per heavy atom. The molecule has 9 nitrogen and oxygen atoms in total. The summed E-state index contributed by atoms with van der Waals surface area (Å²) in [4.78, 5) is 41.2. The molecule has 12 heteroatoms. The van der Waals surface area contributed by atoms with Gasteiger partial charge >= 0.3 is 0 Å². The lowest BCUT2D eigenvalue weighted by Gasteiger charge is -2.32. The Labute approximate surface area is 254 Å². The summed E-state index contributed by atoms with van der Waals surface area (Å²) in [5, 5.41) is 5.34. The van der Waals surface area contributed by atoms with E-state index in [1.165, 1.54) is 15.8 Å². The fourth-order valence-corrected chi connectivity index (χ4v) is 5.92. The van der Waals surface area contributed by atoms with Crippen LogP contribution in [0.1, 0.15) is 42.2 Å². The van der Waals surface area contributed by atoms with Gasteiger partial charge in [0.25, 0.3) is 17.4 Å². The second-order valence-corrected chi connectivity index (χ2v) is 10.8. The SMILES string of the molecule is CC#CCn1c(N2CCCNCC2)c(C(=O)N2CCC(F)(F)CC2)c2ncn(Cc3nccc4ccccc34)c(=O)c21.Cl. The summed E-state index contributed by atoms with van der Waals surface area (Å²) in [5.74, 6) is 3.38. The largest absolute Gasteiger partial charge is 0.356 e. The van der Waals surface area contributed by atoms with E-state index in [0.717, 1.165) is 29.4 Å². The van der Waals surface area contributed by atoms with E-state index in [-0.39, 0.29) is 79.5 Å². The molecule has 3 aromatic heterocycles. The van der Waals surface area contributed by atoms with Gasteiger partial charge in [-0.1, -0.05) is 30.2 Å². The lowest BCUT2D eigenvalue weighted by molar-refractivity contribution is -0.0493. The Kier molecular flexibility index (Phi) is 8.99. The molecule has 2 saturated heterocycles. The lowest BCUT2D eigenvalue weighted by Crippen LogP contribution is -2.43. The summed E-state index contributed by atoms with van der Waals surface area (Å²) in [6.07, 6.45) is 3.24. The van der Waals surface area contributed by atoms with E-state index in [1.54, 1.807) is 17.7 Å². The first-order valence-corrected chi connectivity index (χ1v) is 14.3. The van der Waals surface area contributed by atoms with E-state index >= 15 is 0 Å². The van der Waals surface area contributed by atoms with E-state index in [2.05, 4.69) is 27.0 Å². The Hall–Kier alpha value is -4.01. The summed E-state index contributed by atoms with van der Waals surface area (Å²) in [6.45, 7) is 4.80. The number of halogens is 3. The van der Waals surface area contributed by atoms with Gasteiger partial charge in [0.05, 0.1) is 25.1 Å². The summed E-state index contributed by atoms with van der Waals surface area (Å²) in [7, 11) is 0. The first-order valence-electron chi connectivity index (χ1n) is 14.3. The third-order valence-corrected chi connectivity index (χ3v) is 8.13. The Balaban J connectivity index is 0.00000368. The van der Waals surface area contributed by atoms with Gasteiger partial charge in [-0.2, -0.15) is 0 Å². The van der Waals surface area contributed by atoms with Gasteiger partial charge in [-0.05, 0) is 31.3 Å². The van der Waals surface area contributed by atoms with Gasteiger partial charge in [-0.25, -0.2) is 13.8 Å². The van der Waals surface area contributed by atoms with Crippen molar-refractivity contribution in [2.75, 3.05) is 44.2 Å². The second kappa shape index (κ2) is 12.7. The number of amides is 1. The van der Waals surface area contributed by atoms with Crippen LogP contribution in [0.15, 0.2) is 47.7 Å². The number of pyridine rings is 1. The lowest BCUT2D eigenvalue weighted by atomic mass is 10.1. The number of hydrogen-bond acceptors (Lipinski definition) is 6. The summed E-state index contributed by atoms with van der Waals surface area (Å²) < 4.78 is 31.3. The average molecular weight is 610 g/mol. The number of aromatic nitrogens is 4. The predicted molar refractivity (Wildman–Crippen MR) is 165 cm³/mol. The highest BCUT2D eigenvalue weighted by Gasteiger charge is 2.38. The zero-order valence-corrected chi connectivity index (χ0v) is 24.8. The maximum Gasteiger partial charge on any atom is 0.278 e. The van der Waals surface area contributed by atoms with E-state index in [9.17, 15) is 18.4 Å². The number of carbonyl (C=O) groups is 1. The first-order chi connectivity index (χ1) is 20.4. The van der Waals surface area contributed by atoms with E-state index in [1.807, 2.05) is 30.3 Å². The van der Waals surface area contributed by atoms with Crippen LogP contribution in [0.2, 0.25) is 0 Å². The molecule has 5 heterocycles. The molecule has 0 spiro atoms. The zero-order chi connectivity index (χ0) is 29.3. The molecule has 2 aliphatic rings. The third kappa shape index (κ3) is 5.94. The number of fused-ring (bicyclic) bond motifs is 2. The Morgan fingerprint density at radius 1 is 1.07 bits per heavy atom. The fourth-order valence-electron chi connectivity index (χ4n) is 5.92. The van der Waals surface area contributed by atoms with Crippen molar-refractivity contribution in [3.63, 3.8) is 0 Å². The Morgan fingerprint density at radius 3 is 2.65 bits per heavy atom. The molecular formula is C31H34ClF2N7O2. The van der Waals surface area contributed by atoms with Gasteiger partial charge in [-0.3, -0.25) is 19.1 Å². The van der Waals surface area contributed by atoms with Crippen molar-refractivity contribution in [3.8, 4) is 11.8 Å². The van der Waals surface area contributed by atoms with Crippen molar-refractivity contribution in [1.29, 1.82) is 0 Å². The van der Waals surface area contributed by atoms with Crippen molar-refractivity contribution in [1.82, 2.24) is 29.3 Å². The van der Waals surface area contributed by atoms with Crippen LogP contribution in [0, 0.1) is 11.8 Å². The molecule has 0 saturated carbocycles. The van der Waals surface area contributed by atoms with Crippen LogP contribution in [0.3, 0.4) is 0 Å². The zero-order valence-electron chi connectivity index (χ0n) is 24.0. The topological polar surface area (TPSA) is 88.3 Å². The van der Waals surface area contributed by atoms with E-state index < -0.39 is 5.92 Å². The van der Waals surface area contributed by atoms with Crippen LogP contribution in [0.5, 0.6) is 0 Å². The van der Waals surface area contributed by atoms with Crippen molar-refractivity contribution >= 4 is 45.9 Å². The number of piperidine rings is 1. The van der Waals surface area contributed by atoms with Crippen LogP contribution < -0.4 is 15.8 Å². The number of nitrogens with zero attached hydrogens (tertiary/aromatic N) is 6. The molecule has 0 aliphatic carbocycles. The minimum Gasteiger partial charge on any atom is -0.356 e. The van der Waals surface area contributed by atoms with Crippen LogP contribution in [-0.2, 0) is 13.1 Å². The quantitative estimate of drug-likeness (QED) is 0.345. The minimum absolute atomic E-state index is 0. The predicted octanol–water partition coefficient (Wildman–Crippen LogP) is 3.91. The molecule has 0 bridgehead atoms. The standard InChI is InChI=1S/C31H33F2N7O2.ClH/c1-2-3-16-40-27-26(36-21-39(30(27)42)20-24-23-8-5-4-7-22(23)9-13-35-24)25(28(40)37-15-6-12-34-14-19-37)29(41)38-17-10-31(32,33)11-18-38;/h4-5,7-9,13,21,34H,6,10-12,14-20H2,1H3;1H. The van der Waals surface area contributed by atoms with Crippen molar-refractivity contribution in [3.05, 3.63) is 64.5 Å². The highest BCUT2D eigenvalue weighted by atomic mass is 35.5. The van der Waals surface area contributed by atoms with Crippen molar-refractivity contribution < 1.29 is 13.6 Å². The van der Waals surface area contributed by atoms with Gasteiger partial charge in [0, 0.05) is 57.1 Å². The molecule has 226 valence electrons. The molecule has 0 unspecified atom stereocenters. The maximum atomic E-state index is 14.2. The molecule has 0 atom stereocenters. The fraction of sp³-hybridized carbons (Fsp3) is 0.419. The van der Waals surface area contributed by atoms with E-state index in [4.69, 9.17) is 4.98 Å².